The monoisotopic (exact) mass is 265 g/mol. The second-order valence-corrected chi connectivity index (χ2v) is 4.11. The highest BCUT2D eigenvalue weighted by Crippen LogP contribution is 2.38. The molecule has 0 atom stereocenters. The number of halogens is 3. The topological polar surface area (TPSA) is 30.0 Å². The van der Waals surface area contributed by atoms with Gasteiger partial charge >= 0.3 is 6.18 Å². The lowest BCUT2D eigenvalue weighted by atomic mass is 9.95. The molecule has 98 valence electrons. The molecule has 0 unspecified atom stereocenters. The summed E-state index contributed by atoms with van der Waals surface area (Å²) in [6, 6.07) is 4.94. The second-order valence-electron chi connectivity index (χ2n) is 4.11. The first-order chi connectivity index (χ1) is 8.93. The first-order valence-corrected chi connectivity index (χ1v) is 5.51. The van der Waals surface area contributed by atoms with E-state index < -0.39 is 11.7 Å². The fourth-order valence-corrected chi connectivity index (χ4v) is 1.85. The summed E-state index contributed by atoms with van der Waals surface area (Å²) < 4.78 is 39.0. The van der Waals surface area contributed by atoms with E-state index in [0.717, 1.165) is 12.1 Å². The van der Waals surface area contributed by atoms with Crippen LogP contribution in [0.5, 0.6) is 0 Å². The minimum atomic E-state index is -4.47. The zero-order chi connectivity index (χ0) is 14.0. The van der Waals surface area contributed by atoms with Crippen molar-refractivity contribution in [2.75, 3.05) is 0 Å². The quantitative estimate of drug-likeness (QED) is 0.771. The van der Waals surface area contributed by atoms with Gasteiger partial charge in [-0.2, -0.15) is 13.2 Å². The Labute approximate surface area is 107 Å². The summed E-state index contributed by atoms with van der Waals surface area (Å²) >= 11 is 0. The third kappa shape index (κ3) is 2.65. The zero-order valence-electron chi connectivity index (χ0n) is 10.0. The van der Waals surface area contributed by atoms with Crippen LogP contribution in [0.3, 0.4) is 0 Å². The Morgan fingerprint density at radius 1 is 1.16 bits per heavy atom. The summed E-state index contributed by atoms with van der Waals surface area (Å²) in [4.78, 5) is 14.6. The SMILES string of the molecule is Cc1ccncc1-c1cc(C=O)ccc1C(F)(F)F. The molecule has 1 aromatic carbocycles. The van der Waals surface area contributed by atoms with Crippen molar-refractivity contribution in [2.24, 2.45) is 0 Å². The summed E-state index contributed by atoms with van der Waals surface area (Å²) in [7, 11) is 0. The number of alkyl halides is 3. The van der Waals surface area contributed by atoms with Crippen LogP contribution >= 0.6 is 0 Å². The molecule has 0 spiro atoms. The maximum atomic E-state index is 13.0. The maximum absolute atomic E-state index is 13.0. The summed E-state index contributed by atoms with van der Waals surface area (Å²) in [6.45, 7) is 1.70. The van der Waals surface area contributed by atoms with Crippen molar-refractivity contribution in [3.63, 3.8) is 0 Å². The van der Waals surface area contributed by atoms with Crippen LogP contribution in [-0.4, -0.2) is 11.3 Å². The van der Waals surface area contributed by atoms with Gasteiger partial charge in [-0.15, -0.1) is 0 Å². The van der Waals surface area contributed by atoms with E-state index in [1.807, 2.05) is 0 Å². The molecule has 19 heavy (non-hydrogen) atoms. The Bertz CT molecular complexity index is 620. The van der Waals surface area contributed by atoms with Gasteiger partial charge in [0.05, 0.1) is 5.56 Å². The number of aldehydes is 1. The minimum Gasteiger partial charge on any atom is -0.298 e. The summed E-state index contributed by atoms with van der Waals surface area (Å²) in [5, 5.41) is 0. The molecule has 0 saturated carbocycles. The smallest absolute Gasteiger partial charge is 0.298 e. The van der Waals surface area contributed by atoms with Crippen LogP contribution in [-0.2, 0) is 6.18 Å². The van der Waals surface area contributed by atoms with Crippen molar-refractivity contribution < 1.29 is 18.0 Å². The van der Waals surface area contributed by atoms with Gasteiger partial charge in [0.1, 0.15) is 6.29 Å². The Morgan fingerprint density at radius 2 is 1.89 bits per heavy atom. The van der Waals surface area contributed by atoms with Gasteiger partial charge in [0.2, 0.25) is 0 Å². The van der Waals surface area contributed by atoms with E-state index in [1.165, 1.54) is 18.5 Å². The predicted octanol–water partition coefficient (Wildman–Crippen LogP) is 3.89. The summed E-state index contributed by atoms with van der Waals surface area (Å²) in [5.41, 5.74) is 0.449. The molecule has 5 heteroatoms. The molecule has 0 saturated heterocycles. The molecule has 0 bridgehead atoms. The molecule has 2 nitrogen and oxygen atoms in total. The maximum Gasteiger partial charge on any atom is 0.417 e. The van der Waals surface area contributed by atoms with Crippen LogP contribution in [0.2, 0.25) is 0 Å². The van der Waals surface area contributed by atoms with Gasteiger partial charge < -0.3 is 0 Å². The van der Waals surface area contributed by atoms with Crippen LogP contribution in [0.15, 0.2) is 36.7 Å². The van der Waals surface area contributed by atoms with E-state index in [-0.39, 0.29) is 11.1 Å². The van der Waals surface area contributed by atoms with Crippen molar-refractivity contribution in [3.8, 4) is 11.1 Å². The van der Waals surface area contributed by atoms with Gasteiger partial charge in [0.25, 0.3) is 0 Å². The second kappa shape index (κ2) is 4.84. The highest BCUT2D eigenvalue weighted by molar-refractivity contribution is 5.81. The van der Waals surface area contributed by atoms with Crippen LogP contribution in [0.4, 0.5) is 13.2 Å². The van der Waals surface area contributed by atoms with E-state index in [1.54, 1.807) is 13.0 Å². The molecule has 0 amide bonds. The fourth-order valence-electron chi connectivity index (χ4n) is 1.85. The van der Waals surface area contributed by atoms with Crippen molar-refractivity contribution in [2.45, 2.75) is 13.1 Å². The Hall–Kier alpha value is -2.17. The average Bonchev–Trinajstić information content (AvgIpc) is 2.37. The highest BCUT2D eigenvalue weighted by atomic mass is 19.4. The first-order valence-electron chi connectivity index (χ1n) is 5.51. The molecule has 0 radical (unpaired) electrons. The van der Waals surface area contributed by atoms with Crippen molar-refractivity contribution >= 4 is 6.29 Å². The van der Waals surface area contributed by atoms with Crippen molar-refractivity contribution in [3.05, 3.63) is 53.3 Å². The molecular formula is C14H10F3NO. The average molecular weight is 265 g/mol. The number of rotatable bonds is 2. The minimum absolute atomic E-state index is 0.0253. The van der Waals surface area contributed by atoms with E-state index in [9.17, 15) is 18.0 Å². The number of carbonyl (C=O) groups excluding carboxylic acids is 1. The predicted molar refractivity (Wildman–Crippen MR) is 64.8 cm³/mol. The van der Waals surface area contributed by atoms with E-state index in [0.29, 0.717) is 17.4 Å². The van der Waals surface area contributed by atoms with Gasteiger partial charge in [-0.1, -0.05) is 6.07 Å². The van der Waals surface area contributed by atoms with Gasteiger partial charge in [-0.3, -0.25) is 9.78 Å². The Balaban J connectivity index is 2.73. The molecule has 2 rings (SSSR count). The standard InChI is InChI=1S/C14H10F3NO/c1-9-4-5-18-7-12(9)11-6-10(8-19)2-3-13(11)14(15,16)17/h2-8H,1H3. The van der Waals surface area contributed by atoms with Crippen LogP contribution in [0.1, 0.15) is 21.5 Å². The number of benzene rings is 1. The lowest BCUT2D eigenvalue weighted by Crippen LogP contribution is -2.08. The molecule has 2 aromatic rings. The lowest BCUT2D eigenvalue weighted by Gasteiger charge is -2.14. The number of hydrogen-bond donors (Lipinski definition) is 0. The normalized spacial score (nSPS) is 11.4. The van der Waals surface area contributed by atoms with E-state index >= 15 is 0 Å². The van der Waals surface area contributed by atoms with Crippen molar-refractivity contribution in [1.29, 1.82) is 0 Å². The number of nitrogens with zero attached hydrogens (tertiary/aromatic N) is 1. The number of aromatic nitrogens is 1. The third-order valence-electron chi connectivity index (χ3n) is 2.81. The number of carbonyl (C=O) groups is 1. The van der Waals surface area contributed by atoms with Gasteiger partial charge in [0.15, 0.2) is 0 Å². The van der Waals surface area contributed by atoms with E-state index in [2.05, 4.69) is 4.98 Å². The summed E-state index contributed by atoms with van der Waals surface area (Å²) in [6.07, 6.45) is -1.07. The fraction of sp³-hybridized carbons (Fsp3) is 0.143. The largest absolute Gasteiger partial charge is 0.417 e. The Morgan fingerprint density at radius 3 is 2.47 bits per heavy atom. The molecule has 0 aliphatic heterocycles. The zero-order valence-corrected chi connectivity index (χ0v) is 10.0. The first kappa shape index (κ1) is 13.3. The number of hydrogen-bond acceptors (Lipinski definition) is 2. The van der Waals surface area contributed by atoms with Crippen LogP contribution in [0, 0.1) is 6.92 Å². The van der Waals surface area contributed by atoms with Gasteiger partial charge in [0, 0.05) is 23.5 Å². The van der Waals surface area contributed by atoms with E-state index in [4.69, 9.17) is 0 Å². The molecule has 0 aliphatic carbocycles. The molecule has 0 N–H and O–H groups in total. The van der Waals surface area contributed by atoms with Gasteiger partial charge in [-0.05, 0) is 36.2 Å². The molecule has 0 aliphatic rings. The highest BCUT2D eigenvalue weighted by Gasteiger charge is 2.34. The number of pyridine rings is 1. The molecule has 0 fully saturated rings. The van der Waals surface area contributed by atoms with Crippen LogP contribution in [0.25, 0.3) is 11.1 Å². The lowest BCUT2D eigenvalue weighted by molar-refractivity contribution is -0.137. The van der Waals surface area contributed by atoms with Crippen molar-refractivity contribution in [1.82, 2.24) is 4.98 Å². The summed E-state index contributed by atoms with van der Waals surface area (Å²) in [5.74, 6) is 0. The van der Waals surface area contributed by atoms with Crippen LogP contribution < -0.4 is 0 Å². The molecule has 1 heterocycles. The third-order valence-corrected chi connectivity index (χ3v) is 2.81. The molecular weight excluding hydrogens is 255 g/mol. The Kier molecular flexibility index (Phi) is 3.38. The number of aryl methyl sites for hydroxylation is 1. The van der Waals surface area contributed by atoms with Gasteiger partial charge in [-0.25, -0.2) is 0 Å². The molecule has 1 aromatic heterocycles.